The molecule has 1 aromatic carbocycles. The second kappa shape index (κ2) is 4.55. The molecule has 0 unspecified atom stereocenters. The summed E-state index contributed by atoms with van der Waals surface area (Å²) in [5, 5.41) is 3.13. The molecular formula is C12H11FN2. The number of halogens is 1. The fourth-order valence-corrected chi connectivity index (χ4v) is 1.30. The summed E-state index contributed by atoms with van der Waals surface area (Å²) in [7, 11) is 0. The summed E-state index contributed by atoms with van der Waals surface area (Å²) in [6, 6.07) is 11.4. The van der Waals surface area contributed by atoms with E-state index in [-0.39, 0.29) is 5.82 Å². The summed E-state index contributed by atoms with van der Waals surface area (Å²) in [6.45, 7) is 0.471. The van der Waals surface area contributed by atoms with Gasteiger partial charge in [0.1, 0.15) is 5.82 Å². The number of para-hydroxylation sites is 1. The highest BCUT2D eigenvalue weighted by Crippen LogP contribution is 2.09. The molecule has 0 aliphatic carbocycles. The zero-order valence-corrected chi connectivity index (χ0v) is 8.15. The monoisotopic (exact) mass is 202 g/mol. The van der Waals surface area contributed by atoms with E-state index in [9.17, 15) is 4.39 Å². The Morgan fingerprint density at radius 2 is 1.93 bits per heavy atom. The minimum absolute atomic E-state index is 0.277. The largest absolute Gasteiger partial charge is 0.381 e. The summed E-state index contributed by atoms with van der Waals surface area (Å²) in [4.78, 5) is 3.70. The molecular weight excluding hydrogens is 191 g/mol. The Morgan fingerprint density at radius 1 is 1.13 bits per heavy atom. The molecule has 0 bridgehead atoms. The predicted molar refractivity (Wildman–Crippen MR) is 58.0 cm³/mol. The van der Waals surface area contributed by atoms with E-state index in [2.05, 4.69) is 10.3 Å². The lowest BCUT2D eigenvalue weighted by molar-refractivity contribution is 0.606. The van der Waals surface area contributed by atoms with Gasteiger partial charge in [-0.15, -0.1) is 0 Å². The van der Waals surface area contributed by atoms with E-state index >= 15 is 0 Å². The fraction of sp³-hybridized carbons (Fsp3) is 0.0833. The first-order chi connectivity index (χ1) is 7.36. The molecule has 0 aliphatic heterocycles. The Kier molecular flexibility index (Phi) is 2.93. The number of nitrogens with one attached hydrogen (secondary N) is 1. The van der Waals surface area contributed by atoms with E-state index in [1.165, 1.54) is 6.20 Å². The minimum Gasteiger partial charge on any atom is -0.381 e. The van der Waals surface area contributed by atoms with Crippen molar-refractivity contribution < 1.29 is 4.39 Å². The van der Waals surface area contributed by atoms with Crippen LogP contribution in [-0.2, 0) is 6.54 Å². The fourth-order valence-electron chi connectivity index (χ4n) is 1.30. The maximum absolute atomic E-state index is 13.2. The number of rotatable bonds is 3. The molecule has 2 nitrogen and oxygen atoms in total. The van der Waals surface area contributed by atoms with E-state index in [1.54, 1.807) is 12.3 Å². The molecule has 0 saturated heterocycles. The van der Waals surface area contributed by atoms with Crippen LogP contribution in [0.5, 0.6) is 0 Å². The van der Waals surface area contributed by atoms with Crippen LogP contribution < -0.4 is 5.32 Å². The van der Waals surface area contributed by atoms with E-state index in [0.29, 0.717) is 12.1 Å². The number of nitrogens with zero attached hydrogens (tertiary/aromatic N) is 1. The topological polar surface area (TPSA) is 24.9 Å². The van der Waals surface area contributed by atoms with Crippen molar-refractivity contribution in [3.63, 3.8) is 0 Å². The van der Waals surface area contributed by atoms with Gasteiger partial charge in [-0.2, -0.15) is 0 Å². The lowest BCUT2D eigenvalue weighted by atomic mass is 10.2. The summed E-state index contributed by atoms with van der Waals surface area (Å²) < 4.78 is 13.2. The van der Waals surface area contributed by atoms with Crippen molar-refractivity contribution in [2.45, 2.75) is 6.54 Å². The van der Waals surface area contributed by atoms with Crippen LogP contribution in [0.25, 0.3) is 0 Å². The van der Waals surface area contributed by atoms with Crippen LogP contribution >= 0.6 is 0 Å². The molecule has 1 aromatic heterocycles. The maximum atomic E-state index is 13.2. The van der Waals surface area contributed by atoms with Crippen LogP contribution in [0, 0.1) is 5.82 Å². The van der Waals surface area contributed by atoms with E-state index in [0.717, 1.165) is 5.69 Å². The Balaban J connectivity index is 2.03. The number of hydrogen-bond acceptors (Lipinski definition) is 2. The smallest absolute Gasteiger partial charge is 0.146 e. The van der Waals surface area contributed by atoms with Crippen LogP contribution in [0.2, 0.25) is 0 Å². The van der Waals surface area contributed by atoms with Crippen molar-refractivity contribution in [1.29, 1.82) is 0 Å². The van der Waals surface area contributed by atoms with Crippen LogP contribution in [0.1, 0.15) is 5.56 Å². The van der Waals surface area contributed by atoms with Crippen molar-refractivity contribution in [2.24, 2.45) is 0 Å². The van der Waals surface area contributed by atoms with Crippen LogP contribution in [0.15, 0.2) is 48.8 Å². The molecule has 0 aliphatic rings. The van der Waals surface area contributed by atoms with Gasteiger partial charge in [-0.05, 0) is 18.2 Å². The highest BCUT2D eigenvalue weighted by atomic mass is 19.1. The molecule has 0 spiro atoms. The third-order valence-corrected chi connectivity index (χ3v) is 2.11. The first kappa shape index (κ1) is 9.65. The zero-order chi connectivity index (χ0) is 10.5. The summed E-state index contributed by atoms with van der Waals surface area (Å²) in [5.74, 6) is -0.277. The molecule has 0 fully saturated rings. The van der Waals surface area contributed by atoms with Gasteiger partial charge in [0.15, 0.2) is 0 Å². The molecule has 0 amide bonds. The van der Waals surface area contributed by atoms with Crippen molar-refractivity contribution >= 4 is 5.69 Å². The molecule has 0 atom stereocenters. The van der Waals surface area contributed by atoms with Crippen molar-refractivity contribution in [3.8, 4) is 0 Å². The second-order valence-corrected chi connectivity index (χ2v) is 3.19. The average Bonchev–Trinajstić information content (AvgIpc) is 2.29. The Hall–Kier alpha value is -1.90. The molecule has 2 aromatic rings. The van der Waals surface area contributed by atoms with E-state index < -0.39 is 0 Å². The van der Waals surface area contributed by atoms with Gasteiger partial charge in [0.2, 0.25) is 0 Å². The maximum Gasteiger partial charge on any atom is 0.146 e. The molecule has 76 valence electrons. The number of benzene rings is 1. The van der Waals surface area contributed by atoms with Gasteiger partial charge >= 0.3 is 0 Å². The Morgan fingerprint density at radius 3 is 2.67 bits per heavy atom. The minimum atomic E-state index is -0.277. The van der Waals surface area contributed by atoms with E-state index in [1.807, 2.05) is 30.3 Å². The van der Waals surface area contributed by atoms with Gasteiger partial charge in [0.05, 0.1) is 6.20 Å². The average molecular weight is 202 g/mol. The molecule has 1 N–H and O–H groups in total. The summed E-state index contributed by atoms with van der Waals surface area (Å²) in [6.07, 6.45) is 2.81. The Bertz CT molecular complexity index is 429. The summed E-state index contributed by atoms with van der Waals surface area (Å²) in [5.41, 5.74) is 1.60. The SMILES string of the molecule is Fc1cnccc1CNc1ccccc1. The number of hydrogen-bond donors (Lipinski definition) is 1. The highest BCUT2D eigenvalue weighted by molar-refractivity contribution is 5.43. The van der Waals surface area contributed by atoms with Gasteiger partial charge in [0.25, 0.3) is 0 Å². The third-order valence-electron chi connectivity index (χ3n) is 2.11. The van der Waals surface area contributed by atoms with Gasteiger partial charge in [-0.3, -0.25) is 4.98 Å². The van der Waals surface area contributed by atoms with Crippen molar-refractivity contribution in [1.82, 2.24) is 4.98 Å². The van der Waals surface area contributed by atoms with Crippen molar-refractivity contribution in [3.05, 3.63) is 60.2 Å². The lowest BCUT2D eigenvalue weighted by Gasteiger charge is -2.06. The molecule has 15 heavy (non-hydrogen) atoms. The number of aromatic nitrogens is 1. The predicted octanol–water partition coefficient (Wildman–Crippen LogP) is 2.83. The second-order valence-electron chi connectivity index (χ2n) is 3.19. The van der Waals surface area contributed by atoms with Crippen LogP contribution in [-0.4, -0.2) is 4.98 Å². The molecule has 0 saturated carbocycles. The quantitative estimate of drug-likeness (QED) is 0.827. The van der Waals surface area contributed by atoms with Crippen molar-refractivity contribution in [2.75, 3.05) is 5.32 Å². The van der Waals surface area contributed by atoms with Gasteiger partial charge in [-0.1, -0.05) is 18.2 Å². The van der Waals surface area contributed by atoms with Crippen LogP contribution in [0.3, 0.4) is 0 Å². The molecule has 3 heteroatoms. The first-order valence-corrected chi connectivity index (χ1v) is 4.73. The number of pyridine rings is 1. The summed E-state index contributed by atoms with van der Waals surface area (Å²) >= 11 is 0. The normalized spacial score (nSPS) is 9.93. The third kappa shape index (κ3) is 2.53. The van der Waals surface area contributed by atoms with Crippen LogP contribution in [0.4, 0.5) is 10.1 Å². The van der Waals surface area contributed by atoms with Gasteiger partial charge in [0, 0.05) is 24.0 Å². The van der Waals surface area contributed by atoms with Gasteiger partial charge in [-0.25, -0.2) is 4.39 Å². The van der Waals surface area contributed by atoms with Gasteiger partial charge < -0.3 is 5.32 Å². The Labute approximate surface area is 87.8 Å². The highest BCUT2D eigenvalue weighted by Gasteiger charge is 1.99. The zero-order valence-electron chi connectivity index (χ0n) is 8.15. The lowest BCUT2D eigenvalue weighted by Crippen LogP contribution is -2.01. The van der Waals surface area contributed by atoms with E-state index in [4.69, 9.17) is 0 Å². The molecule has 0 radical (unpaired) electrons. The standard InChI is InChI=1S/C12H11FN2/c13-12-9-14-7-6-10(12)8-15-11-4-2-1-3-5-11/h1-7,9,15H,8H2. The number of anilines is 1. The molecule has 1 heterocycles. The molecule has 2 rings (SSSR count). The first-order valence-electron chi connectivity index (χ1n) is 4.73.